The second-order valence-corrected chi connectivity index (χ2v) is 6.61. The van der Waals surface area contributed by atoms with Gasteiger partial charge in [0.05, 0.1) is 0 Å². The van der Waals surface area contributed by atoms with Crippen molar-refractivity contribution in [2.45, 2.75) is 30.2 Å². The standard InChI is InChI=1S/C15H19ClN4S/c1-10(2)7-8-18-14-13(17)15(20-9-19-14)21-12-5-3-11(16)4-6-12/h3-6,9-10H,7-8,17H2,1-2H3,(H,18,19,20). The number of nitrogen functional groups attached to an aromatic ring is 1. The van der Waals surface area contributed by atoms with Gasteiger partial charge in [-0.15, -0.1) is 0 Å². The quantitative estimate of drug-likeness (QED) is 0.775. The molecule has 1 heterocycles. The van der Waals surface area contributed by atoms with Gasteiger partial charge < -0.3 is 11.1 Å². The van der Waals surface area contributed by atoms with Crippen molar-refractivity contribution in [1.29, 1.82) is 0 Å². The minimum absolute atomic E-state index is 0.584. The van der Waals surface area contributed by atoms with Gasteiger partial charge in [-0.3, -0.25) is 0 Å². The molecule has 6 heteroatoms. The third-order valence-corrected chi connectivity index (χ3v) is 4.17. The molecule has 21 heavy (non-hydrogen) atoms. The van der Waals surface area contributed by atoms with Crippen LogP contribution in [0.15, 0.2) is 40.5 Å². The topological polar surface area (TPSA) is 63.8 Å². The van der Waals surface area contributed by atoms with Gasteiger partial charge in [-0.05, 0) is 36.6 Å². The largest absolute Gasteiger partial charge is 0.394 e. The molecule has 0 amide bonds. The van der Waals surface area contributed by atoms with E-state index in [2.05, 4.69) is 29.1 Å². The van der Waals surface area contributed by atoms with Crippen LogP contribution >= 0.6 is 23.4 Å². The maximum Gasteiger partial charge on any atom is 0.153 e. The Morgan fingerprint density at radius 1 is 1.24 bits per heavy atom. The normalized spacial score (nSPS) is 10.9. The first kappa shape index (κ1) is 15.9. The Kier molecular flexibility index (Phi) is 5.70. The summed E-state index contributed by atoms with van der Waals surface area (Å²) in [6.45, 7) is 5.23. The van der Waals surface area contributed by atoms with Crippen molar-refractivity contribution in [1.82, 2.24) is 9.97 Å². The molecule has 2 aromatic rings. The zero-order valence-corrected chi connectivity index (χ0v) is 13.7. The zero-order chi connectivity index (χ0) is 15.2. The Morgan fingerprint density at radius 3 is 2.62 bits per heavy atom. The number of nitrogens with zero attached hydrogens (tertiary/aromatic N) is 2. The van der Waals surface area contributed by atoms with Gasteiger partial charge in [-0.25, -0.2) is 9.97 Å². The van der Waals surface area contributed by atoms with E-state index in [-0.39, 0.29) is 0 Å². The maximum atomic E-state index is 6.14. The lowest BCUT2D eigenvalue weighted by molar-refractivity contribution is 0.606. The van der Waals surface area contributed by atoms with E-state index in [1.165, 1.54) is 18.1 Å². The fraction of sp³-hybridized carbons (Fsp3) is 0.333. The first-order valence-electron chi connectivity index (χ1n) is 6.84. The molecule has 0 aliphatic rings. The number of hydrogen-bond acceptors (Lipinski definition) is 5. The molecule has 0 atom stereocenters. The molecule has 0 unspecified atom stereocenters. The molecule has 0 spiro atoms. The van der Waals surface area contributed by atoms with Gasteiger partial charge in [0.25, 0.3) is 0 Å². The fourth-order valence-electron chi connectivity index (χ4n) is 1.70. The van der Waals surface area contributed by atoms with Gasteiger partial charge in [0.2, 0.25) is 0 Å². The molecule has 0 saturated heterocycles. The number of anilines is 2. The SMILES string of the molecule is CC(C)CCNc1ncnc(Sc2ccc(Cl)cc2)c1N. The van der Waals surface area contributed by atoms with E-state index in [4.69, 9.17) is 17.3 Å². The monoisotopic (exact) mass is 322 g/mol. The number of nitrogens with one attached hydrogen (secondary N) is 1. The van der Waals surface area contributed by atoms with E-state index in [1.807, 2.05) is 24.3 Å². The number of hydrogen-bond donors (Lipinski definition) is 2. The van der Waals surface area contributed by atoms with E-state index in [0.29, 0.717) is 22.4 Å². The van der Waals surface area contributed by atoms with E-state index in [9.17, 15) is 0 Å². The Morgan fingerprint density at radius 2 is 1.95 bits per heavy atom. The van der Waals surface area contributed by atoms with Crippen molar-refractivity contribution >= 4 is 34.9 Å². The third kappa shape index (κ3) is 4.79. The third-order valence-electron chi connectivity index (χ3n) is 2.89. The highest BCUT2D eigenvalue weighted by atomic mass is 35.5. The van der Waals surface area contributed by atoms with Gasteiger partial charge >= 0.3 is 0 Å². The number of benzene rings is 1. The summed E-state index contributed by atoms with van der Waals surface area (Å²) in [4.78, 5) is 9.50. The molecule has 0 aliphatic heterocycles. The van der Waals surface area contributed by atoms with Crippen LogP contribution in [0.2, 0.25) is 5.02 Å². The van der Waals surface area contributed by atoms with Crippen LogP contribution in [0.1, 0.15) is 20.3 Å². The van der Waals surface area contributed by atoms with Gasteiger partial charge in [-0.1, -0.05) is 37.2 Å². The summed E-state index contributed by atoms with van der Waals surface area (Å²) in [6, 6.07) is 7.59. The predicted molar refractivity (Wildman–Crippen MR) is 90.0 cm³/mol. The highest BCUT2D eigenvalue weighted by Gasteiger charge is 2.09. The van der Waals surface area contributed by atoms with Crippen molar-refractivity contribution in [3.63, 3.8) is 0 Å². The maximum absolute atomic E-state index is 6.14. The number of rotatable bonds is 6. The smallest absolute Gasteiger partial charge is 0.153 e. The van der Waals surface area contributed by atoms with Crippen molar-refractivity contribution in [2.24, 2.45) is 5.92 Å². The van der Waals surface area contributed by atoms with Gasteiger partial charge in [0, 0.05) is 16.5 Å². The molecular weight excluding hydrogens is 304 g/mol. The molecule has 0 saturated carbocycles. The number of nitrogens with two attached hydrogens (primary N) is 1. The Balaban J connectivity index is 2.08. The number of halogens is 1. The Hall–Kier alpha value is -1.46. The first-order valence-corrected chi connectivity index (χ1v) is 8.03. The van der Waals surface area contributed by atoms with Gasteiger partial charge in [0.1, 0.15) is 17.0 Å². The minimum atomic E-state index is 0.584. The van der Waals surface area contributed by atoms with E-state index >= 15 is 0 Å². The van der Waals surface area contributed by atoms with Crippen LogP contribution < -0.4 is 11.1 Å². The molecule has 0 bridgehead atoms. The molecule has 0 aliphatic carbocycles. The van der Waals surface area contributed by atoms with Crippen molar-refractivity contribution < 1.29 is 0 Å². The average Bonchev–Trinajstić information content (AvgIpc) is 2.45. The Bertz CT molecular complexity index is 587. The molecule has 1 aromatic carbocycles. The molecule has 112 valence electrons. The van der Waals surface area contributed by atoms with E-state index in [0.717, 1.165) is 22.9 Å². The average molecular weight is 323 g/mol. The molecular formula is C15H19ClN4S. The second-order valence-electron chi connectivity index (χ2n) is 5.11. The fourth-order valence-corrected chi connectivity index (χ4v) is 2.62. The van der Waals surface area contributed by atoms with Gasteiger partial charge in [-0.2, -0.15) is 0 Å². The number of aromatic nitrogens is 2. The van der Waals surface area contributed by atoms with Crippen LogP contribution in [-0.4, -0.2) is 16.5 Å². The van der Waals surface area contributed by atoms with Crippen LogP contribution in [0, 0.1) is 5.92 Å². The zero-order valence-electron chi connectivity index (χ0n) is 12.1. The highest BCUT2D eigenvalue weighted by molar-refractivity contribution is 7.99. The summed E-state index contributed by atoms with van der Waals surface area (Å²) in [5.41, 5.74) is 6.73. The summed E-state index contributed by atoms with van der Waals surface area (Å²) < 4.78 is 0. The predicted octanol–water partition coefficient (Wildman–Crippen LogP) is 4.32. The summed E-state index contributed by atoms with van der Waals surface area (Å²) in [5.74, 6) is 1.34. The Labute approximate surface area is 134 Å². The highest BCUT2D eigenvalue weighted by Crippen LogP contribution is 2.33. The van der Waals surface area contributed by atoms with Crippen LogP contribution in [0.3, 0.4) is 0 Å². The van der Waals surface area contributed by atoms with Gasteiger partial charge in [0.15, 0.2) is 5.82 Å². The molecule has 0 fully saturated rings. The lowest BCUT2D eigenvalue weighted by Crippen LogP contribution is -2.09. The lowest BCUT2D eigenvalue weighted by Gasteiger charge is -2.11. The van der Waals surface area contributed by atoms with Crippen molar-refractivity contribution in [3.05, 3.63) is 35.6 Å². The molecule has 3 N–H and O–H groups in total. The van der Waals surface area contributed by atoms with Crippen molar-refractivity contribution in [3.8, 4) is 0 Å². The van der Waals surface area contributed by atoms with Crippen molar-refractivity contribution in [2.75, 3.05) is 17.6 Å². The molecule has 1 aromatic heterocycles. The van der Waals surface area contributed by atoms with Crippen LogP contribution in [-0.2, 0) is 0 Å². The molecule has 2 rings (SSSR count). The first-order chi connectivity index (χ1) is 10.1. The van der Waals surface area contributed by atoms with E-state index in [1.54, 1.807) is 0 Å². The second kappa shape index (κ2) is 7.52. The van der Waals surface area contributed by atoms with Crippen LogP contribution in [0.25, 0.3) is 0 Å². The van der Waals surface area contributed by atoms with E-state index < -0.39 is 0 Å². The summed E-state index contributed by atoms with van der Waals surface area (Å²) in [5, 5.41) is 4.73. The lowest BCUT2D eigenvalue weighted by atomic mass is 10.1. The van der Waals surface area contributed by atoms with Crippen LogP contribution in [0.4, 0.5) is 11.5 Å². The minimum Gasteiger partial charge on any atom is -0.394 e. The summed E-state index contributed by atoms with van der Waals surface area (Å²) in [7, 11) is 0. The summed E-state index contributed by atoms with van der Waals surface area (Å²) >= 11 is 7.39. The molecule has 4 nitrogen and oxygen atoms in total. The summed E-state index contributed by atoms with van der Waals surface area (Å²) in [6.07, 6.45) is 2.61. The molecule has 0 radical (unpaired) electrons. The van der Waals surface area contributed by atoms with Crippen LogP contribution in [0.5, 0.6) is 0 Å².